The molecule has 0 aliphatic heterocycles. The van der Waals surface area contributed by atoms with Crippen LogP contribution in [-0.4, -0.2) is 31.1 Å². The van der Waals surface area contributed by atoms with Gasteiger partial charge in [-0.15, -0.1) is 0 Å². The summed E-state index contributed by atoms with van der Waals surface area (Å²) in [7, 11) is 3.31. The van der Waals surface area contributed by atoms with Gasteiger partial charge >= 0.3 is 0 Å². The molecule has 1 aromatic carbocycles. The van der Waals surface area contributed by atoms with Crippen molar-refractivity contribution in [3.8, 4) is 0 Å². The molecule has 0 bridgehead atoms. The fourth-order valence-electron chi connectivity index (χ4n) is 1.40. The number of nitrogens with zero attached hydrogens (tertiary/aromatic N) is 1. The molecule has 0 fully saturated rings. The van der Waals surface area contributed by atoms with E-state index < -0.39 is 6.10 Å². The van der Waals surface area contributed by atoms with Crippen LogP contribution in [0, 0.1) is 0 Å². The number of ether oxygens (including phenoxy) is 1. The van der Waals surface area contributed by atoms with Crippen LogP contribution in [0.1, 0.15) is 12.5 Å². The number of benzene rings is 1. The Morgan fingerprint density at radius 3 is 2.81 bits per heavy atom. The molecular weight excluding hydrogens is 270 g/mol. The zero-order valence-electron chi connectivity index (χ0n) is 9.74. The van der Waals surface area contributed by atoms with E-state index in [1.54, 1.807) is 18.9 Å². The van der Waals surface area contributed by atoms with E-state index in [4.69, 9.17) is 4.74 Å². The molecule has 3 nitrogen and oxygen atoms in total. The van der Waals surface area contributed by atoms with Gasteiger partial charge < -0.3 is 9.64 Å². The predicted molar refractivity (Wildman–Crippen MR) is 67.1 cm³/mol. The molecule has 0 heterocycles. The first-order valence-electron chi connectivity index (χ1n) is 5.07. The lowest BCUT2D eigenvalue weighted by molar-refractivity contribution is -0.140. The Hall–Kier alpha value is -0.870. The second kappa shape index (κ2) is 6.01. The Bertz CT molecular complexity index is 368. The molecule has 0 N–H and O–H groups in total. The molecule has 0 aliphatic carbocycles. The van der Waals surface area contributed by atoms with Gasteiger partial charge in [0.2, 0.25) is 0 Å². The number of rotatable bonds is 4. The lowest BCUT2D eigenvalue weighted by Crippen LogP contribution is -2.35. The molecule has 1 amide bonds. The molecule has 0 aromatic heterocycles. The Morgan fingerprint density at radius 1 is 1.56 bits per heavy atom. The summed E-state index contributed by atoms with van der Waals surface area (Å²) in [6, 6.07) is 7.91. The van der Waals surface area contributed by atoms with Crippen LogP contribution in [0.2, 0.25) is 0 Å². The highest BCUT2D eigenvalue weighted by molar-refractivity contribution is 9.10. The first-order chi connectivity index (χ1) is 7.54. The third-order valence-corrected chi connectivity index (χ3v) is 2.88. The van der Waals surface area contributed by atoms with Crippen molar-refractivity contribution in [2.45, 2.75) is 19.6 Å². The van der Waals surface area contributed by atoms with Crippen molar-refractivity contribution in [3.05, 3.63) is 34.3 Å². The van der Waals surface area contributed by atoms with Crippen molar-refractivity contribution in [2.75, 3.05) is 14.2 Å². The lowest BCUT2D eigenvalue weighted by Gasteiger charge is -2.20. The Labute approximate surface area is 105 Å². The summed E-state index contributed by atoms with van der Waals surface area (Å²) in [5, 5.41) is 0. The summed E-state index contributed by atoms with van der Waals surface area (Å²) in [5.74, 6) is -0.0116. The molecule has 1 atom stereocenters. The maximum absolute atomic E-state index is 11.8. The van der Waals surface area contributed by atoms with Gasteiger partial charge in [0, 0.05) is 25.2 Å². The Morgan fingerprint density at radius 2 is 2.25 bits per heavy atom. The van der Waals surface area contributed by atoms with Crippen LogP contribution in [0.5, 0.6) is 0 Å². The van der Waals surface area contributed by atoms with Gasteiger partial charge in [-0.3, -0.25) is 4.79 Å². The maximum atomic E-state index is 11.8. The predicted octanol–water partition coefficient (Wildman–Crippen LogP) is 2.44. The minimum absolute atomic E-state index is 0.0116. The van der Waals surface area contributed by atoms with Gasteiger partial charge in [-0.25, -0.2) is 0 Å². The summed E-state index contributed by atoms with van der Waals surface area (Å²) >= 11 is 3.40. The number of carbonyl (C=O) groups is 1. The van der Waals surface area contributed by atoms with E-state index in [0.29, 0.717) is 6.54 Å². The van der Waals surface area contributed by atoms with Crippen LogP contribution in [-0.2, 0) is 16.1 Å². The molecule has 0 aliphatic rings. The van der Waals surface area contributed by atoms with Crippen LogP contribution in [0.3, 0.4) is 0 Å². The molecule has 4 heteroatoms. The SMILES string of the molecule is COC(C)C(=O)N(C)Cc1cccc(Br)c1. The summed E-state index contributed by atoms with van der Waals surface area (Å²) in [6.07, 6.45) is -0.392. The van der Waals surface area contributed by atoms with Gasteiger partial charge in [-0.1, -0.05) is 28.1 Å². The molecule has 1 unspecified atom stereocenters. The van der Waals surface area contributed by atoms with Crippen LogP contribution < -0.4 is 0 Å². The zero-order valence-corrected chi connectivity index (χ0v) is 11.3. The van der Waals surface area contributed by atoms with E-state index in [0.717, 1.165) is 10.0 Å². The largest absolute Gasteiger partial charge is 0.372 e. The van der Waals surface area contributed by atoms with Crippen molar-refractivity contribution < 1.29 is 9.53 Å². The quantitative estimate of drug-likeness (QED) is 0.851. The van der Waals surface area contributed by atoms with Crippen molar-refractivity contribution in [1.82, 2.24) is 4.90 Å². The highest BCUT2D eigenvalue weighted by Crippen LogP contribution is 2.13. The summed E-state index contributed by atoms with van der Waals surface area (Å²) < 4.78 is 6.01. The van der Waals surface area contributed by atoms with Crippen LogP contribution >= 0.6 is 15.9 Å². The molecular formula is C12H16BrNO2. The molecule has 16 heavy (non-hydrogen) atoms. The van der Waals surface area contributed by atoms with E-state index in [1.807, 2.05) is 24.3 Å². The molecule has 0 saturated carbocycles. The van der Waals surface area contributed by atoms with Crippen LogP contribution in [0.15, 0.2) is 28.7 Å². The monoisotopic (exact) mass is 285 g/mol. The van der Waals surface area contributed by atoms with Gasteiger partial charge in [-0.2, -0.15) is 0 Å². The topological polar surface area (TPSA) is 29.5 Å². The molecule has 88 valence electrons. The van der Waals surface area contributed by atoms with E-state index >= 15 is 0 Å². The van der Waals surface area contributed by atoms with E-state index in [2.05, 4.69) is 15.9 Å². The highest BCUT2D eigenvalue weighted by Gasteiger charge is 2.16. The second-order valence-corrected chi connectivity index (χ2v) is 4.62. The molecule has 1 rings (SSSR count). The van der Waals surface area contributed by atoms with Crippen LogP contribution in [0.25, 0.3) is 0 Å². The van der Waals surface area contributed by atoms with Gasteiger partial charge in [0.25, 0.3) is 5.91 Å². The standard InChI is InChI=1S/C12H16BrNO2/c1-9(16-3)12(15)14(2)8-10-5-4-6-11(13)7-10/h4-7,9H,8H2,1-3H3. The third kappa shape index (κ3) is 3.61. The van der Waals surface area contributed by atoms with Crippen molar-refractivity contribution in [1.29, 1.82) is 0 Å². The number of likely N-dealkylation sites (N-methyl/N-ethyl adjacent to an activating group) is 1. The fraction of sp³-hybridized carbons (Fsp3) is 0.417. The van der Waals surface area contributed by atoms with Crippen molar-refractivity contribution in [3.63, 3.8) is 0 Å². The molecule has 0 saturated heterocycles. The van der Waals surface area contributed by atoms with Crippen molar-refractivity contribution >= 4 is 21.8 Å². The smallest absolute Gasteiger partial charge is 0.251 e. The minimum atomic E-state index is -0.392. The van der Waals surface area contributed by atoms with E-state index in [9.17, 15) is 4.79 Å². The zero-order chi connectivity index (χ0) is 12.1. The van der Waals surface area contributed by atoms with E-state index in [1.165, 1.54) is 7.11 Å². The van der Waals surface area contributed by atoms with Gasteiger partial charge in [-0.05, 0) is 24.6 Å². The second-order valence-electron chi connectivity index (χ2n) is 3.70. The number of methoxy groups -OCH3 is 1. The number of hydrogen-bond donors (Lipinski definition) is 0. The lowest BCUT2D eigenvalue weighted by atomic mass is 10.2. The Kier molecular flexibility index (Phi) is 4.96. The van der Waals surface area contributed by atoms with Crippen LogP contribution in [0.4, 0.5) is 0 Å². The third-order valence-electron chi connectivity index (χ3n) is 2.39. The molecule has 0 spiro atoms. The number of carbonyl (C=O) groups excluding carboxylic acids is 1. The number of amides is 1. The van der Waals surface area contributed by atoms with Gasteiger partial charge in [0.15, 0.2) is 0 Å². The molecule has 0 radical (unpaired) electrons. The van der Waals surface area contributed by atoms with Gasteiger partial charge in [0.1, 0.15) is 6.10 Å². The fourth-order valence-corrected chi connectivity index (χ4v) is 1.84. The minimum Gasteiger partial charge on any atom is -0.372 e. The normalized spacial score (nSPS) is 12.2. The Balaban J connectivity index is 2.64. The summed E-state index contributed by atoms with van der Waals surface area (Å²) in [5.41, 5.74) is 1.09. The molecule has 1 aromatic rings. The van der Waals surface area contributed by atoms with Gasteiger partial charge in [0.05, 0.1) is 0 Å². The first kappa shape index (κ1) is 13.2. The highest BCUT2D eigenvalue weighted by atomic mass is 79.9. The summed E-state index contributed by atoms with van der Waals surface area (Å²) in [6.45, 7) is 2.34. The average Bonchev–Trinajstić information content (AvgIpc) is 2.27. The first-order valence-corrected chi connectivity index (χ1v) is 5.86. The maximum Gasteiger partial charge on any atom is 0.251 e. The summed E-state index contributed by atoms with van der Waals surface area (Å²) in [4.78, 5) is 13.4. The van der Waals surface area contributed by atoms with E-state index in [-0.39, 0.29) is 5.91 Å². The average molecular weight is 286 g/mol. The van der Waals surface area contributed by atoms with Crippen molar-refractivity contribution in [2.24, 2.45) is 0 Å². The number of halogens is 1. The number of hydrogen-bond acceptors (Lipinski definition) is 2.